The number of carbonyl (C=O) groups excluding carboxylic acids is 2. The van der Waals surface area contributed by atoms with E-state index in [4.69, 9.17) is 14.2 Å². The number of hydrogen-bond donors (Lipinski definition) is 1. The van der Waals surface area contributed by atoms with Gasteiger partial charge in [0, 0.05) is 24.6 Å². The number of nitrogens with zero attached hydrogens (tertiary/aromatic N) is 1. The van der Waals surface area contributed by atoms with Crippen LogP contribution < -0.4 is 9.47 Å². The molecule has 7 nitrogen and oxygen atoms in total. The van der Waals surface area contributed by atoms with E-state index in [1.165, 1.54) is 32.1 Å². The number of unbranched alkanes of at least 4 members (excludes halogenated alkanes) is 5. The fourth-order valence-corrected chi connectivity index (χ4v) is 7.49. The second kappa shape index (κ2) is 9.32. The molecule has 1 saturated heterocycles. The Kier molecular flexibility index (Phi) is 6.27. The summed E-state index contributed by atoms with van der Waals surface area (Å²) in [6, 6.07) is 3.75. The van der Waals surface area contributed by atoms with E-state index in [2.05, 4.69) is 11.8 Å². The zero-order valence-electron chi connectivity index (χ0n) is 21.4. The Morgan fingerprint density at radius 1 is 1.17 bits per heavy atom. The molecule has 0 radical (unpaired) electrons. The zero-order valence-corrected chi connectivity index (χ0v) is 21.4. The Bertz CT molecular complexity index is 1040. The Labute approximate surface area is 213 Å². The van der Waals surface area contributed by atoms with Gasteiger partial charge in [0.1, 0.15) is 0 Å². The summed E-state index contributed by atoms with van der Waals surface area (Å²) < 4.78 is 17.3. The standard InChI is InChI=1S/C29H39NO6/c1-2-3-4-5-6-7-16-34-27(32)35-22-11-10-20-17-23-29(33)13-12-21(31)26-28(29,24(20)25(22)36-26)14-15-30(23)18-19-8-9-19/h10-11,19,23,26,33H,2-9,12-18H2,1H3. The van der Waals surface area contributed by atoms with Crippen LogP contribution >= 0.6 is 0 Å². The van der Waals surface area contributed by atoms with Gasteiger partial charge in [-0.25, -0.2) is 4.79 Å². The normalized spacial score (nSPS) is 32.1. The maximum absolute atomic E-state index is 13.2. The van der Waals surface area contributed by atoms with Crippen LogP contribution in [0.2, 0.25) is 0 Å². The number of ether oxygens (including phenoxy) is 3. The van der Waals surface area contributed by atoms with E-state index in [1.54, 1.807) is 6.07 Å². The summed E-state index contributed by atoms with van der Waals surface area (Å²) in [6.45, 7) is 4.39. The fraction of sp³-hybridized carbons (Fsp3) is 0.724. The van der Waals surface area contributed by atoms with Crippen LogP contribution in [0.4, 0.5) is 4.79 Å². The molecule has 0 aromatic heterocycles. The first-order valence-corrected chi connectivity index (χ1v) is 14.1. The molecule has 4 unspecified atom stereocenters. The van der Waals surface area contributed by atoms with Gasteiger partial charge in [-0.05, 0) is 62.6 Å². The lowest BCUT2D eigenvalue weighted by Gasteiger charge is -2.62. The van der Waals surface area contributed by atoms with Crippen LogP contribution in [0.5, 0.6) is 11.5 Å². The molecule has 196 valence electrons. The van der Waals surface area contributed by atoms with E-state index in [0.717, 1.165) is 55.8 Å². The second-order valence-corrected chi connectivity index (χ2v) is 11.7. The van der Waals surface area contributed by atoms with Gasteiger partial charge in [-0.1, -0.05) is 45.1 Å². The summed E-state index contributed by atoms with van der Waals surface area (Å²) in [4.78, 5) is 28.1. The maximum Gasteiger partial charge on any atom is 0.513 e. The van der Waals surface area contributed by atoms with Crippen LogP contribution in [0, 0.1) is 5.92 Å². The fourth-order valence-electron chi connectivity index (χ4n) is 7.49. The Balaban J connectivity index is 1.22. The summed E-state index contributed by atoms with van der Waals surface area (Å²) in [5.74, 6) is 1.52. The van der Waals surface area contributed by atoms with Gasteiger partial charge in [0.2, 0.25) is 0 Å². The maximum atomic E-state index is 13.2. The lowest BCUT2D eigenvalue weighted by molar-refractivity contribution is -0.188. The number of carbonyl (C=O) groups is 2. The third-order valence-electron chi connectivity index (χ3n) is 9.45. The highest BCUT2D eigenvalue weighted by atomic mass is 16.7. The van der Waals surface area contributed by atoms with Crippen molar-refractivity contribution in [2.45, 2.75) is 107 Å². The largest absolute Gasteiger partial charge is 0.513 e. The highest BCUT2D eigenvalue weighted by molar-refractivity contribution is 5.90. The molecule has 3 aliphatic carbocycles. The van der Waals surface area contributed by atoms with Crippen molar-refractivity contribution in [2.75, 3.05) is 19.7 Å². The van der Waals surface area contributed by atoms with Crippen LogP contribution in [-0.2, 0) is 21.4 Å². The van der Waals surface area contributed by atoms with E-state index in [0.29, 0.717) is 37.4 Å². The minimum atomic E-state index is -1.02. The van der Waals surface area contributed by atoms with E-state index in [9.17, 15) is 14.7 Å². The summed E-state index contributed by atoms with van der Waals surface area (Å²) >= 11 is 0. The molecule has 2 saturated carbocycles. The number of benzene rings is 1. The monoisotopic (exact) mass is 497 g/mol. The minimum Gasteiger partial charge on any atom is -0.477 e. The molecule has 36 heavy (non-hydrogen) atoms. The molecular weight excluding hydrogens is 458 g/mol. The molecule has 1 aromatic rings. The summed E-state index contributed by atoms with van der Waals surface area (Å²) in [5.41, 5.74) is 0.211. The topological polar surface area (TPSA) is 85.3 Å². The molecule has 4 atom stereocenters. The van der Waals surface area contributed by atoms with Crippen molar-refractivity contribution in [3.8, 4) is 11.5 Å². The SMILES string of the molecule is CCCCCCCCOC(=O)Oc1ccc2c3c1OC1C(=O)CCC4(O)C(C2)N(CC2CC2)CCC314. The highest BCUT2D eigenvalue weighted by Crippen LogP contribution is 2.65. The molecule has 5 aliphatic rings. The lowest BCUT2D eigenvalue weighted by atomic mass is 9.49. The van der Waals surface area contributed by atoms with Crippen molar-refractivity contribution in [3.05, 3.63) is 23.3 Å². The zero-order chi connectivity index (χ0) is 24.9. The molecule has 1 spiro atoms. The summed E-state index contributed by atoms with van der Waals surface area (Å²) in [7, 11) is 0. The third kappa shape index (κ3) is 3.76. The van der Waals surface area contributed by atoms with Crippen molar-refractivity contribution in [1.29, 1.82) is 0 Å². The van der Waals surface area contributed by atoms with Crippen molar-refractivity contribution in [1.82, 2.24) is 4.90 Å². The van der Waals surface area contributed by atoms with Gasteiger partial charge in [0.25, 0.3) is 0 Å². The van der Waals surface area contributed by atoms with Crippen molar-refractivity contribution in [3.63, 3.8) is 0 Å². The Morgan fingerprint density at radius 2 is 1.97 bits per heavy atom. The first-order chi connectivity index (χ1) is 17.5. The lowest BCUT2D eigenvalue weighted by Crippen LogP contribution is -2.76. The number of piperidine rings is 1. The second-order valence-electron chi connectivity index (χ2n) is 11.7. The van der Waals surface area contributed by atoms with Crippen LogP contribution in [0.3, 0.4) is 0 Å². The van der Waals surface area contributed by atoms with Crippen molar-refractivity contribution < 1.29 is 28.9 Å². The van der Waals surface area contributed by atoms with Gasteiger partial charge in [0.05, 0.1) is 17.6 Å². The van der Waals surface area contributed by atoms with Gasteiger partial charge >= 0.3 is 6.16 Å². The molecule has 2 aliphatic heterocycles. The first kappa shape index (κ1) is 24.2. The van der Waals surface area contributed by atoms with Gasteiger partial charge in [-0.3, -0.25) is 9.69 Å². The average Bonchev–Trinajstić information content (AvgIpc) is 3.60. The van der Waals surface area contributed by atoms with Crippen LogP contribution in [-0.4, -0.2) is 59.4 Å². The predicted molar refractivity (Wildman–Crippen MR) is 133 cm³/mol. The Morgan fingerprint density at radius 3 is 2.78 bits per heavy atom. The van der Waals surface area contributed by atoms with Crippen molar-refractivity contribution in [2.24, 2.45) is 5.92 Å². The molecule has 6 rings (SSSR count). The van der Waals surface area contributed by atoms with Crippen LogP contribution in [0.15, 0.2) is 12.1 Å². The third-order valence-corrected chi connectivity index (χ3v) is 9.45. The number of likely N-dealkylation sites (tertiary alicyclic amines) is 1. The highest BCUT2D eigenvalue weighted by Gasteiger charge is 2.73. The molecule has 7 heteroatoms. The van der Waals surface area contributed by atoms with E-state index in [1.807, 2.05) is 6.07 Å². The molecule has 2 bridgehead atoms. The van der Waals surface area contributed by atoms with Gasteiger partial charge in [0.15, 0.2) is 23.4 Å². The molecule has 1 N–H and O–H groups in total. The molecule has 2 heterocycles. The van der Waals surface area contributed by atoms with Crippen LogP contribution in [0.25, 0.3) is 0 Å². The smallest absolute Gasteiger partial charge is 0.477 e. The number of Topliss-reactive ketones (excluding diaryl/α,β-unsaturated/α-hetero) is 1. The van der Waals surface area contributed by atoms with Crippen molar-refractivity contribution >= 4 is 11.9 Å². The minimum absolute atomic E-state index is 0.0152. The number of hydrogen-bond acceptors (Lipinski definition) is 7. The molecule has 0 amide bonds. The van der Waals surface area contributed by atoms with E-state index >= 15 is 0 Å². The predicted octanol–water partition coefficient (Wildman–Crippen LogP) is 4.70. The number of rotatable bonds is 10. The van der Waals surface area contributed by atoms with Gasteiger partial charge in [-0.15, -0.1) is 0 Å². The number of ketones is 1. The van der Waals surface area contributed by atoms with Gasteiger partial charge in [-0.2, -0.15) is 0 Å². The summed E-state index contributed by atoms with van der Waals surface area (Å²) in [6.07, 6.45) is 9.90. The first-order valence-electron chi connectivity index (χ1n) is 14.1. The van der Waals surface area contributed by atoms with Gasteiger partial charge < -0.3 is 19.3 Å². The van der Waals surface area contributed by atoms with E-state index < -0.39 is 23.3 Å². The quantitative estimate of drug-likeness (QED) is 0.285. The number of aliphatic hydroxyl groups is 1. The molecular formula is C29H39NO6. The summed E-state index contributed by atoms with van der Waals surface area (Å²) in [5, 5.41) is 12.3. The van der Waals surface area contributed by atoms with E-state index in [-0.39, 0.29) is 11.8 Å². The average molecular weight is 498 g/mol. The molecule has 1 aromatic carbocycles. The Hall–Kier alpha value is -2.12. The van der Waals surface area contributed by atoms with Crippen LogP contribution in [0.1, 0.15) is 88.7 Å². The molecule has 3 fully saturated rings.